The first-order valence-corrected chi connectivity index (χ1v) is 9.26. The van der Waals surface area contributed by atoms with Gasteiger partial charge in [0, 0.05) is 44.5 Å². The maximum atomic E-state index is 10.1. The lowest BCUT2D eigenvalue weighted by Gasteiger charge is -2.37. The van der Waals surface area contributed by atoms with Crippen molar-refractivity contribution in [2.75, 3.05) is 44.7 Å². The average Bonchev–Trinajstić information content (AvgIpc) is 2.73. The van der Waals surface area contributed by atoms with E-state index in [1.165, 1.54) is 0 Å². The van der Waals surface area contributed by atoms with E-state index in [9.17, 15) is 5.11 Å². The molecule has 7 nitrogen and oxygen atoms in total. The Morgan fingerprint density at radius 3 is 2.70 bits per heavy atom. The molecule has 1 aromatic carbocycles. The topological polar surface area (TPSA) is 73.2 Å². The van der Waals surface area contributed by atoms with E-state index in [0.717, 1.165) is 50.1 Å². The number of benzene rings is 1. The number of anilines is 1. The first-order valence-electron chi connectivity index (χ1n) is 9.26. The number of ether oxygens (including phenoxy) is 1. The van der Waals surface area contributed by atoms with Crippen molar-refractivity contribution in [1.82, 2.24) is 15.2 Å². The van der Waals surface area contributed by atoms with E-state index in [2.05, 4.69) is 27.0 Å². The number of phenols is 1. The number of hydrogen-bond acceptors (Lipinski definition) is 5. The Hall–Kier alpha value is -2.96. The zero-order chi connectivity index (χ0) is 19.1. The number of piperazine rings is 1. The highest BCUT2D eigenvalue weighted by molar-refractivity contribution is 5.80. The van der Waals surface area contributed by atoms with E-state index in [0.29, 0.717) is 12.3 Å². The fourth-order valence-electron chi connectivity index (χ4n) is 3.09. The van der Waals surface area contributed by atoms with Crippen LogP contribution in [0.25, 0.3) is 0 Å². The Balaban J connectivity index is 1.66. The summed E-state index contributed by atoms with van der Waals surface area (Å²) in [6, 6.07) is 11.2. The van der Waals surface area contributed by atoms with Crippen LogP contribution in [-0.2, 0) is 6.54 Å². The molecule has 0 radical (unpaired) electrons. The number of guanidine groups is 1. The van der Waals surface area contributed by atoms with Crippen LogP contribution in [0.3, 0.4) is 0 Å². The third-order valence-electron chi connectivity index (χ3n) is 4.57. The van der Waals surface area contributed by atoms with Crippen molar-refractivity contribution in [3.8, 4) is 11.5 Å². The minimum Gasteiger partial charge on any atom is -0.508 e. The molecule has 144 valence electrons. The minimum atomic E-state index is 0.232. The molecule has 27 heavy (non-hydrogen) atoms. The zero-order valence-electron chi connectivity index (χ0n) is 15.9. The molecule has 0 atom stereocenters. The number of aromatic hydroxyl groups is 1. The van der Waals surface area contributed by atoms with E-state index < -0.39 is 0 Å². The van der Waals surface area contributed by atoms with E-state index >= 15 is 0 Å². The van der Waals surface area contributed by atoms with Crippen LogP contribution in [0.1, 0.15) is 12.5 Å². The molecule has 2 N–H and O–H groups in total. The van der Waals surface area contributed by atoms with Gasteiger partial charge >= 0.3 is 0 Å². The van der Waals surface area contributed by atoms with E-state index in [1.54, 1.807) is 19.2 Å². The molecular formula is C20H27N5O2. The quantitative estimate of drug-likeness (QED) is 0.621. The van der Waals surface area contributed by atoms with E-state index in [-0.39, 0.29) is 5.75 Å². The Bertz CT molecular complexity index is 758. The molecule has 1 aliphatic heterocycles. The monoisotopic (exact) mass is 369 g/mol. The van der Waals surface area contributed by atoms with Gasteiger partial charge in [0.2, 0.25) is 0 Å². The van der Waals surface area contributed by atoms with Gasteiger partial charge in [-0.3, -0.25) is 0 Å². The Labute approximate surface area is 160 Å². The molecule has 2 heterocycles. The zero-order valence-corrected chi connectivity index (χ0v) is 15.9. The molecule has 0 spiro atoms. The lowest BCUT2D eigenvalue weighted by Crippen LogP contribution is -2.52. The SMILES string of the molecule is CCNC(=NCc1cc(OC)ccc1O)N1CCN(c2ccccn2)CC1. The molecule has 1 fully saturated rings. The summed E-state index contributed by atoms with van der Waals surface area (Å²) in [4.78, 5) is 13.7. The fraction of sp³-hybridized carbons (Fsp3) is 0.400. The summed E-state index contributed by atoms with van der Waals surface area (Å²) in [6.45, 7) is 6.77. The highest BCUT2D eigenvalue weighted by atomic mass is 16.5. The van der Waals surface area contributed by atoms with Crippen LogP contribution in [-0.4, -0.2) is 60.8 Å². The molecule has 2 aromatic rings. The first kappa shape index (κ1) is 18.8. The largest absolute Gasteiger partial charge is 0.508 e. The van der Waals surface area contributed by atoms with Crippen LogP contribution in [0.4, 0.5) is 5.82 Å². The Kier molecular flexibility index (Phi) is 6.35. The van der Waals surface area contributed by atoms with Crippen LogP contribution in [0.5, 0.6) is 11.5 Å². The summed E-state index contributed by atoms with van der Waals surface area (Å²) in [5, 5.41) is 13.4. The van der Waals surface area contributed by atoms with Crippen LogP contribution in [0.15, 0.2) is 47.6 Å². The van der Waals surface area contributed by atoms with Crippen molar-refractivity contribution in [3.63, 3.8) is 0 Å². The summed E-state index contributed by atoms with van der Waals surface area (Å²) >= 11 is 0. The van der Waals surface area contributed by atoms with Gasteiger partial charge in [-0.05, 0) is 37.3 Å². The van der Waals surface area contributed by atoms with Crippen LogP contribution >= 0.6 is 0 Å². The Morgan fingerprint density at radius 1 is 1.22 bits per heavy atom. The van der Waals surface area contributed by atoms with Crippen LogP contribution in [0, 0.1) is 0 Å². The molecule has 0 bridgehead atoms. The summed E-state index contributed by atoms with van der Waals surface area (Å²) in [5.74, 6) is 2.82. The second-order valence-electron chi connectivity index (χ2n) is 6.33. The lowest BCUT2D eigenvalue weighted by atomic mass is 10.2. The van der Waals surface area contributed by atoms with E-state index in [1.807, 2.05) is 30.5 Å². The predicted octanol–water partition coefficient (Wildman–Crippen LogP) is 2.08. The third-order valence-corrected chi connectivity index (χ3v) is 4.57. The molecule has 1 aliphatic rings. The van der Waals surface area contributed by atoms with Gasteiger partial charge in [0.05, 0.1) is 13.7 Å². The number of phenolic OH excluding ortho intramolecular Hbond substituents is 1. The minimum absolute atomic E-state index is 0.232. The molecule has 0 aliphatic carbocycles. The number of pyridine rings is 1. The molecule has 0 unspecified atom stereocenters. The number of hydrogen-bond donors (Lipinski definition) is 2. The summed E-state index contributed by atoms with van der Waals surface area (Å²) in [5.41, 5.74) is 0.747. The predicted molar refractivity (Wildman–Crippen MR) is 107 cm³/mol. The number of aliphatic imine (C=N–C) groups is 1. The van der Waals surface area contributed by atoms with Gasteiger partial charge in [0.25, 0.3) is 0 Å². The number of methoxy groups -OCH3 is 1. The summed E-state index contributed by atoms with van der Waals surface area (Å²) < 4.78 is 5.24. The standard InChI is InChI=1S/C20H27N5O2/c1-3-21-20(23-15-16-14-17(27-2)7-8-18(16)26)25-12-10-24(11-13-25)19-6-4-5-9-22-19/h4-9,14,26H,3,10-13,15H2,1-2H3,(H,21,23). The first-order chi connectivity index (χ1) is 13.2. The van der Waals surface area contributed by atoms with Crippen LogP contribution < -0.4 is 15.0 Å². The maximum Gasteiger partial charge on any atom is 0.194 e. The normalized spacial score (nSPS) is 15.0. The maximum absolute atomic E-state index is 10.1. The number of nitrogens with one attached hydrogen (secondary N) is 1. The number of aromatic nitrogens is 1. The lowest BCUT2D eigenvalue weighted by molar-refractivity contribution is 0.371. The van der Waals surface area contributed by atoms with Crippen molar-refractivity contribution in [2.24, 2.45) is 4.99 Å². The van der Waals surface area contributed by atoms with Crippen molar-refractivity contribution < 1.29 is 9.84 Å². The van der Waals surface area contributed by atoms with Gasteiger partial charge in [0.15, 0.2) is 5.96 Å². The molecular weight excluding hydrogens is 342 g/mol. The molecule has 3 rings (SSSR count). The van der Waals surface area contributed by atoms with Crippen molar-refractivity contribution in [3.05, 3.63) is 48.2 Å². The highest BCUT2D eigenvalue weighted by Crippen LogP contribution is 2.23. The van der Waals surface area contributed by atoms with E-state index in [4.69, 9.17) is 9.73 Å². The number of nitrogens with zero attached hydrogens (tertiary/aromatic N) is 4. The van der Waals surface area contributed by atoms with Gasteiger partial charge in [-0.1, -0.05) is 6.07 Å². The van der Waals surface area contributed by atoms with Crippen LogP contribution in [0.2, 0.25) is 0 Å². The van der Waals surface area contributed by atoms with Gasteiger partial charge in [-0.2, -0.15) is 0 Å². The molecule has 0 amide bonds. The second-order valence-corrected chi connectivity index (χ2v) is 6.33. The highest BCUT2D eigenvalue weighted by Gasteiger charge is 2.20. The number of rotatable bonds is 5. The van der Waals surface area contributed by atoms with Crippen molar-refractivity contribution in [1.29, 1.82) is 0 Å². The average molecular weight is 369 g/mol. The van der Waals surface area contributed by atoms with Crippen molar-refractivity contribution >= 4 is 11.8 Å². The molecule has 1 aromatic heterocycles. The molecule has 0 saturated carbocycles. The smallest absolute Gasteiger partial charge is 0.194 e. The van der Waals surface area contributed by atoms with Gasteiger partial charge in [-0.15, -0.1) is 0 Å². The molecule has 1 saturated heterocycles. The van der Waals surface area contributed by atoms with Gasteiger partial charge in [-0.25, -0.2) is 9.98 Å². The summed E-state index contributed by atoms with van der Waals surface area (Å²) in [7, 11) is 1.62. The van der Waals surface area contributed by atoms with Crippen molar-refractivity contribution in [2.45, 2.75) is 13.5 Å². The fourth-order valence-corrected chi connectivity index (χ4v) is 3.09. The second kappa shape index (κ2) is 9.12. The van der Waals surface area contributed by atoms with Gasteiger partial charge < -0.3 is 25.0 Å². The molecule has 7 heteroatoms. The van der Waals surface area contributed by atoms with Gasteiger partial charge in [0.1, 0.15) is 17.3 Å². The summed E-state index contributed by atoms with van der Waals surface area (Å²) in [6.07, 6.45) is 1.83. The third kappa shape index (κ3) is 4.81. The Morgan fingerprint density at radius 2 is 2.04 bits per heavy atom.